The summed E-state index contributed by atoms with van der Waals surface area (Å²) in [5.41, 5.74) is 0.557. The first-order valence-corrected chi connectivity index (χ1v) is 6.52. The summed E-state index contributed by atoms with van der Waals surface area (Å²) in [6.45, 7) is 1.85. The minimum absolute atomic E-state index is 0.184. The molecule has 1 aromatic heterocycles. The SMILES string of the molecule is Cc1ccc(NC(=O)c2ccnc(Cl)c2[N+](=O)[O-])c(Cl)c1. The Labute approximate surface area is 129 Å². The molecular formula is C13H9Cl2N3O3. The Bertz CT molecular complexity index is 735. The zero-order valence-corrected chi connectivity index (χ0v) is 12.3. The maximum atomic E-state index is 12.2. The summed E-state index contributed by atoms with van der Waals surface area (Å²) in [6, 6.07) is 6.27. The third-order valence-corrected chi connectivity index (χ3v) is 3.27. The number of amides is 1. The average Bonchev–Trinajstić information content (AvgIpc) is 2.41. The molecule has 2 rings (SSSR count). The van der Waals surface area contributed by atoms with E-state index < -0.39 is 16.5 Å². The largest absolute Gasteiger partial charge is 0.320 e. The molecule has 21 heavy (non-hydrogen) atoms. The van der Waals surface area contributed by atoms with Crippen molar-refractivity contribution in [2.75, 3.05) is 5.32 Å². The molecule has 0 spiro atoms. The van der Waals surface area contributed by atoms with Gasteiger partial charge in [-0.1, -0.05) is 29.3 Å². The van der Waals surface area contributed by atoms with Gasteiger partial charge in [0.25, 0.3) is 5.91 Å². The zero-order chi connectivity index (χ0) is 15.6. The van der Waals surface area contributed by atoms with Gasteiger partial charge >= 0.3 is 5.69 Å². The number of nitrogens with zero attached hydrogens (tertiary/aromatic N) is 2. The second-order valence-electron chi connectivity index (χ2n) is 4.19. The Morgan fingerprint density at radius 2 is 2.05 bits per heavy atom. The van der Waals surface area contributed by atoms with Crippen molar-refractivity contribution in [2.45, 2.75) is 6.92 Å². The number of benzene rings is 1. The van der Waals surface area contributed by atoms with Crippen molar-refractivity contribution in [3.63, 3.8) is 0 Å². The first-order valence-electron chi connectivity index (χ1n) is 5.76. The zero-order valence-electron chi connectivity index (χ0n) is 10.8. The molecular weight excluding hydrogens is 317 g/mol. The number of carbonyl (C=O) groups is 1. The Hall–Kier alpha value is -2.18. The molecule has 2 aromatic rings. The van der Waals surface area contributed by atoms with Crippen LogP contribution in [-0.4, -0.2) is 15.8 Å². The summed E-state index contributed by atoms with van der Waals surface area (Å²) in [5.74, 6) is -0.684. The van der Waals surface area contributed by atoms with Gasteiger partial charge in [-0.2, -0.15) is 0 Å². The number of aromatic nitrogens is 1. The number of nitrogens with one attached hydrogen (secondary N) is 1. The van der Waals surface area contributed by atoms with Crippen LogP contribution in [0.5, 0.6) is 0 Å². The summed E-state index contributed by atoms with van der Waals surface area (Å²) >= 11 is 11.7. The lowest BCUT2D eigenvalue weighted by molar-refractivity contribution is -0.385. The van der Waals surface area contributed by atoms with Crippen LogP contribution in [0.15, 0.2) is 30.5 Å². The first kappa shape index (κ1) is 15.2. The van der Waals surface area contributed by atoms with Crippen LogP contribution < -0.4 is 5.32 Å². The van der Waals surface area contributed by atoms with Gasteiger partial charge in [0.15, 0.2) is 0 Å². The second kappa shape index (κ2) is 6.07. The predicted molar refractivity (Wildman–Crippen MR) is 80.0 cm³/mol. The van der Waals surface area contributed by atoms with E-state index in [9.17, 15) is 14.9 Å². The van der Waals surface area contributed by atoms with Gasteiger partial charge in [-0.25, -0.2) is 4.98 Å². The number of aryl methyl sites for hydroxylation is 1. The highest BCUT2D eigenvalue weighted by Gasteiger charge is 2.25. The third-order valence-electron chi connectivity index (χ3n) is 2.68. The number of hydrogen-bond donors (Lipinski definition) is 1. The highest BCUT2D eigenvalue weighted by molar-refractivity contribution is 6.34. The Balaban J connectivity index is 2.37. The van der Waals surface area contributed by atoms with Crippen LogP contribution in [0.25, 0.3) is 0 Å². The molecule has 0 atom stereocenters. The molecule has 1 aromatic carbocycles. The standard InChI is InChI=1S/C13H9Cl2N3O3/c1-7-2-3-10(9(14)6-7)17-13(19)8-4-5-16-12(15)11(8)18(20)21/h2-6H,1H3,(H,17,19). The summed E-state index contributed by atoms with van der Waals surface area (Å²) in [6.07, 6.45) is 1.22. The van der Waals surface area contributed by atoms with Crippen molar-refractivity contribution < 1.29 is 9.72 Å². The van der Waals surface area contributed by atoms with Crippen LogP contribution in [0.3, 0.4) is 0 Å². The van der Waals surface area contributed by atoms with Crippen LogP contribution in [0, 0.1) is 17.0 Å². The normalized spacial score (nSPS) is 10.2. The van der Waals surface area contributed by atoms with E-state index >= 15 is 0 Å². The van der Waals surface area contributed by atoms with E-state index in [1.165, 1.54) is 12.3 Å². The Morgan fingerprint density at radius 1 is 1.33 bits per heavy atom. The molecule has 1 N–H and O–H groups in total. The van der Waals surface area contributed by atoms with Crippen LogP contribution in [0.4, 0.5) is 11.4 Å². The molecule has 0 aliphatic carbocycles. The summed E-state index contributed by atoms with van der Waals surface area (Å²) in [5, 5.41) is 13.5. The van der Waals surface area contributed by atoms with Gasteiger partial charge in [0.05, 0.1) is 15.6 Å². The van der Waals surface area contributed by atoms with E-state index in [1.807, 2.05) is 6.92 Å². The van der Waals surface area contributed by atoms with Crippen molar-refractivity contribution >= 4 is 40.5 Å². The molecule has 8 heteroatoms. The maximum absolute atomic E-state index is 12.2. The van der Waals surface area contributed by atoms with E-state index in [0.29, 0.717) is 10.7 Å². The fourth-order valence-electron chi connectivity index (χ4n) is 1.70. The highest BCUT2D eigenvalue weighted by atomic mass is 35.5. The molecule has 0 aliphatic rings. The molecule has 108 valence electrons. The molecule has 1 amide bonds. The molecule has 0 saturated carbocycles. The summed E-state index contributed by atoms with van der Waals surface area (Å²) in [7, 11) is 0. The first-order chi connectivity index (χ1) is 9.90. The monoisotopic (exact) mass is 325 g/mol. The lowest BCUT2D eigenvalue weighted by Gasteiger charge is -2.08. The number of nitro groups is 1. The van der Waals surface area contributed by atoms with Gasteiger partial charge in [-0.3, -0.25) is 14.9 Å². The Kier molecular flexibility index (Phi) is 4.40. The molecule has 6 nitrogen and oxygen atoms in total. The summed E-state index contributed by atoms with van der Waals surface area (Å²) in [4.78, 5) is 26.0. The van der Waals surface area contributed by atoms with Crippen LogP contribution in [0.2, 0.25) is 10.2 Å². The predicted octanol–water partition coefficient (Wildman–Crippen LogP) is 3.86. The number of pyridine rings is 1. The summed E-state index contributed by atoms with van der Waals surface area (Å²) < 4.78 is 0. The topological polar surface area (TPSA) is 85.1 Å². The molecule has 0 bridgehead atoms. The van der Waals surface area contributed by atoms with Crippen molar-refractivity contribution in [2.24, 2.45) is 0 Å². The van der Waals surface area contributed by atoms with Gasteiger partial charge in [0, 0.05) is 6.20 Å². The van der Waals surface area contributed by atoms with E-state index in [-0.39, 0.29) is 10.7 Å². The molecule has 0 radical (unpaired) electrons. The van der Waals surface area contributed by atoms with Gasteiger partial charge in [0.1, 0.15) is 5.56 Å². The number of rotatable bonds is 3. The van der Waals surface area contributed by atoms with E-state index in [0.717, 1.165) is 5.56 Å². The molecule has 0 unspecified atom stereocenters. The fraction of sp³-hybridized carbons (Fsp3) is 0.0769. The lowest BCUT2D eigenvalue weighted by atomic mass is 10.2. The third kappa shape index (κ3) is 3.29. The van der Waals surface area contributed by atoms with Crippen LogP contribution in [0.1, 0.15) is 15.9 Å². The van der Waals surface area contributed by atoms with Gasteiger partial charge in [-0.15, -0.1) is 0 Å². The average molecular weight is 326 g/mol. The highest BCUT2D eigenvalue weighted by Crippen LogP contribution is 2.28. The van der Waals surface area contributed by atoms with E-state index in [2.05, 4.69) is 10.3 Å². The van der Waals surface area contributed by atoms with Crippen molar-refractivity contribution in [1.29, 1.82) is 0 Å². The second-order valence-corrected chi connectivity index (χ2v) is 4.96. The molecule has 0 aliphatic heterocycles. The fourth-order valence-corrected chi connectivity index (χ4v) is 2.21. The molecule has 0 fully saturated rings. The number of anilines is 1. The van der Waals surface area contributed by atoms with Crippen LogP contribution >= 0.6 is 23.2 Å². The lowest BCUT2D eigenvalue weighted by Crippen LogP contribution is -2.14. The molecule has 0 saturated heterocycles. The number of halogens is 2. The number of hydrogen-bond acceptors (Lipinski definition) is 4. The van der Waals surface area contributed by atoms with Crippen molar-refractivity contribution in [3.05, 3.63) is 61.9 Å². The van der Waals surface area contributed by atoms with Gasteiger partial charge < -0.3 is 5.32 Å². The van der Waals surface area contributed by atoms with Gasteiger partial charge in [0.2, 0.25) is 5.15 Å². The number of carbonyl (C=O) groups excluding carboxylic acids is 1. The van der Waals surface area contributed by atoms with Crippen molar-refractivity contribution in [3.8, 4) is 0 Å². The quantitative estimate of drug-likeness (QED) is 0.527. The maximum Gasteiger partial charge on any atom is 0.319 e. The minimum atomic E-state index is -0.749. The molecule has 1 heterocycles. The van der Waals surface area contributed by atoms with E-state index in [1.54, 1.807) is 18.2 Å². The van der Waals surface area contributed by atoms with Crippen molar-refractivity contribution in [1.82, 2.24) is 4.98 Å². The van der Waals surface area contributed by atoms with Crippen LogP contribution in [-0.2, 0) is 0 Å². The smallest absolute Gasteiger partial charge is 0.319 e. The Morgan fingerprint density at radius 3 is 2.67 bits per heavy atom. The van der Waals surface area contributed by atoms with Gasteiger partial charge in [-0.05, 0) is 30.7 Å². The van der Waals surface area contributed by atoms with E-state index in [4.69, 9.17) is 23.2 Å². The minimum Gasteiger partial charge on any atom is -0.320 e.